The first-order valence-electron chi connectivity index (χ1n) is 6.69. The van der Waals surface area contributed by atoms with Crippen molar-refractivity contribution in [1.29, 1.82) is 0 Å². The van der Waals surface area contributed by atoms with E-state index in [1.54, 1.807) is 12.1 Å². The van der Waals surface area contributed by atoms with Crippen LogP contribution < -0.4 is 4.72 Å². The summed E-state index contributed by atoms with van der Waals surface area (Å²) >= 11 is 0. The van der Waals surface area contributed by atoms with E-state index in [1.807, 2.05) is 19.1 Å². The number of ether oxygens (including phenoxy) is 2. The number of hydrogen-bond acceptors (Lipinski definition) is 6. The summed E-state index contributed by atoms with van der Waals surface area (Å²) in [5.74, 6) is -1.60. The van der Waals surface area contributed by atoms with Gasteiger partial charge in [-0.2, -0.15) is 4.72 Å². The van der Waals surface area contributed by atoms with Crippen LogP contribution in [0, 0.1) is 6.92 Å². The van der Waals surface area contributed by atoms with E-state index in [4.69, 9.17) is 0 Å². The van der Waals surface area contributed by atoms with Crippen molar-refractivity contribution in [2.24, 2.45) is 0 Å². The Balaban J connectivity index is 2.85. The number of carbonyl (C=O) groups excluding carboxylic acids is 2. The van der Waals surface area contributed by atoms with Gasteiger partial charge in [0, 0.05) is 5.41 Å². The summed E-state index contributed by atoms with van der Waals surface area (Å²) < 4.78 is 35.0. The maximum absolute atomic E-state index is 12.0. The molecule has 0 amide bonds. The molecule has 1 atom stereocenters. The van der Waals surface area contributed by atoms with Gasteiger partial charge in [-0.1, -0.05) is 29.8 Å². The van der Waals surface area contributed by atoms with Gasteiger partial charge in [-0.3, -0.25) is 9.59 Å². The summed E-state index contributed by atoms with van der Waals surface area (Å²) in [6.45, 7) is 1.92. The molecule has 0 heterocycles. The molecule has 23 heavy (non-hydrogen) atoms. The van der Waals surface area contributed by atoms with Crippen molar-refractivity contribution in [2.45, 2.75) is 19.4 Å². The Bertz CT molecular complexity index is 678. The Kier molecular flexibility index (Phi) is 6.92. The van der Waals surface area contributed by atoms with E-state index in [1.165, 1.54) is 6.08 Å². The van der Waals surface area contributed by atoms with Crippen LogP contribution in [-0.4, -0.2) is 40.6 Å². The highest BCUT2D eigenvalue weighted by molar-refractivity contribution is 7.92. The highest BCUT2D eigenvalue weighted by atomic mass is 32.2. The van der Waals surface area contributed by atoms with E-state index in [0.717, 1.165) is 25.2 Å². The molecule has 0 aliphatic heterocycles. The summed E-state index contributed by atoms with van der Waals surface area (Å²) in [4.78, 5) is 22.8. The number of aryl methyl sites for hydroxylation is 1. The zero-order chi connectivity index (χ0) is 17.5. The van der Waals surface area contributed by atoms with Gasteiger partial charge in [-0.15, -0.1) is 0 Å². The molecule has 0 saturated heterocycles. The Labute approximate surface area is 135 Å². The van der Waals surface area contributed by atoms with Crippen LogP contribution in [0.25, 0.3) is 6.08 Å². The van der Waals surface area contributed by atoms with Gasteiger partial charge in [0.15, 0.2) is 0 Å². The molecule has 0 aliphatic rings. The second-order valence-electron chi connectivity index (χ2n) is 4.73. The van der Waals surface area contributed by atoms with Crippen molar-refractivity contribution in [1.82, 2.24) is 4.72 Å². The molecule has 0 aliphatic carbocycles. The molecule has 0 fully saturated rings. The van der Waals surface area contributed by atoms with Gasteiger partial charge in [0.2, 0.25) is 10.0 Å². The molecule has 1 aromatic rings. The maximum Gasteiger partial charge on any atom is 0.324 e. The number of nitrogens with one attached hydrogen (secondary N) is 1. The van der Waals surface area contributed by atoms with E-state index in [2.05, 4.69) is 14.2 Å². The molecule has 1 N–H and O–H groups in total. The molecule has 0 bridgehead atoms. The van der Waals surface area contributed by atoms with Crippen molar-refractivity contribution in [3.8, 4) is 0 Å². The fraction of sp³-hybridized carbons (Fsp3) is 0.333. The highest BCUT2D eigenvalue weighted by Crippen LogP contribution is 2.07. The summed E-state index contributed by atoms with van der Waals surface area (Å²) in [7, 11) is -1.70. The third kappa shape index (κ3) is 6.62. The van der Waals surface area contributed by atoms with Crippen LogP contribution in [0.5, 0.6) is 0 Å². The zero-order valence-electron chi connectivity index (χ0n) is 13.1. The Hall–Kier alpha value is -2.19. The number of carbonyl (C=O) groups is 2. The molecule has 7 nitrogen and oxygen atoms in total. The predicted octanol–water partition coefficient (Wildman–Crippen LogP) is 0.990. The molecule has 0 aromatic heterocycles. The summed E-state index contributed by atoms with van der Waals surface area (Å²) in [6.07, 6.45) is 0.926. The minimum Gasteiger partial charge on any atom is -0.469 e. The molecule has 0 radical (unpaired) electrons. The first-order valence-corrected chi connectivity index (χ1v) is 8.24. The molecule has 0 spiro atoms. The van der Waals surface area contributed by atoms with Gasteiger partial charge in [0.05, 0.1) is 20.6 Å². The summed E-state index contributed by atoms with van der Waals surface area (Å²) in [5, 5.41) is 0.922. The van der Waals surface area contributed by atoms with Crippen molar-refractivity contribution in [3.63, 3.8) is 0 Å². The minimum atomic E-state index is -3.94. The van der Waals surface area contributed by atoms with Gasteiger partial charge < -0.3 is 9.47 Å². The van der Waals surface area contributed by atoms with Crippen LogP contribution in [0.15, 0.2) is 29.7 Å². The Morgan fingerprint density at radius 1 is 1.17 bits per heavy atom. The Morgan fingerprint density at radius 2 is 1.78 bits per heavy atom. The molecule has 0 saturated carbocycles. The minimum absolute atomic E-state index is 0.458. The van der Waals surface area contributed by atoms with Crippen molar-refractivity contribution in [2.75, 3.05) is 14.2 Å². The van der Waals surface area contributed by atoms with Gasteiger partial charge in [0.25, 0.3) is 0 Å². The lowest BCUT2D eigenvalue weighted by Crippen LogP contribution is -2.42. The van der Waals surface area contributed by atoms with Crippen LogP contribution in [0.2, 0.25) is 0 Å². The first kappa shape index (κ1) is 18.9. The van der Waals surface area contributed by atoms with Crippen LogP contribution in [-0.2, 0) is 29.1 Å². The van der Waals surface area contributed by atoms with E-state index in [-0.39, 0.29) is 0 Å². The van der Waals surface area contributed by atoms with E-state index in [9.17, 15) is 18.0 Å². The normalized spacial score (nSPS) is 12.8. The molecule has 1 aromatic carbocycles. The second-order valence-corrected chi connectivity index (χ2v) is 6.33. The lowest BCUT2D eigenvalue weighted by atomic mass is 10.2. The third-order valence-corrected chi connectivity index (χ3v) is 4.02. The van der Waals surface area contributed by atoms with Gasteiger partial charge >= 0.3 is 11.9 Å². The lowest BCUT2D eigenvalue weighted by molar-refractivity contribution is -0.149. The average Bonchev–Trinajstić information content (AvgIpc) is 2.52. The fourth-order valence-corrected chi connectivity index (χ4v) is 2.64. The van der Waals surface area contributed by atoms with Gasteiger partial charge in [-0.25, -0.2) is 8.42 Å². The van der Waals surface area contributed by atoms with Crippen molar-refractivity contribution in [3.05, 3.63) is 40.8 Å². The SMILES string of the molecule is COC(=O)C[C@@H](NS(=O)(=O)/C=C\c1ccc(C)cc1)C(=O)OC. The smallest absolute Gasteiger partial charge is 0.324 e. The topological polar surface area (TPSA) is 98.8 Å². The van der Waals surface area contributed by atoms with Crippen molar-refractivity contribution < 1.29 is 27.5 Å². The Morgan fingerprint density at radius 3 is 2.30 bits per heavy atom. The number of hydrogen-bond donors (Lipinski definition) is 1. The number of sulfonamides is 1. The van der Waals surface area contributed by atoms with Gasteiger partial charge in [0.1, 0.15) is 6.04 Å². The largest absolute Gasteiger partial charge is 0.469 e. The van der Waals surface area contributed by atoms with Crippen LogP contribution in [0.3, 0.4) is 0 Å². The van der Waals surface area contributed by atoms with Crippen LogP contribution >= 0.6 is 0 Å². The highest BCUT2D eigenvalue weighted by Gasteiger charge is 2.27. The van der Waals surface area contributed by atoms with Crippen LogP contribution in [0.4, 0.5) is 0 Å². The summed E-state index contributed by atoms with van der Waals surface area (Å²) in [5.41, 5.74) is 1.73. The zero-order valence-corrected chi connectivity index (χ0v) is 13.9. The van der Waals surface area contributed by atoms with Gasteiger partial charge in [-0.05, 0) is 18.6 Å². The van der Waals surface area contributed by atoms with Crippen molar-refractivity contribution >= 4 is 28.0 Å². The lowest BCUT2D eigenvalue weighted by Gasteiger charge is -2.13. The molecule has 8 heteroatoms. The maximum atomic E-state index is 12.0. The standard InChI is InChI=1S/C15H19NO6S/c1-11-4-6-12(7-5-11)8-9-23(19,20)16-13(15(18)22-3)10-14(17)21-2/h4-9,13,16H,10H2,1-3H3/b9-8-/t13-/m1/s1. The number of methoxy groups -OCH3 is 2. The molecular weight excluding hydrogens is 322 g/mol. The van der Waals surface area contributed by atoms with Crippen LogP contribution in [0.1, 0.15) is 17.5 Å². The molecule has 0 unspecified atom stereocenters. The molecule has 126 valence electrons. The van der Waals surface area contributed by atoms with E-state index in [0.29, 0.717) is 5.56 Å². The number of benzene rings is 1. The van der Waals surface area contributed by atoms with E-state index < -0.39 is 34.4 Å². The molecular formula is C15H19NO6S. The fourth-order valence-electron chi connectivity index (χ4n) is 1.65. The second kappa shape index (κ2) is 8.44. The first-order chi connectivity index (χ1) is 10.8. The quantitative estimate of drug-likeness (QED) is 0.743. The van der Waals surface area contributed by atoms with E-state index >= 15 is 0 Å². The molecule has 1 rings (SSSR count). The number of esters is 2. The predicted molar refractivity (Wildman–Crippen MR) is 84.7 cm³/mol. The third-order valence-electron chi connectivity index (χ3n) is 2.91. The average molecular weight is 341 g/mol. The number of rotatable bonds is 7. The summed E-state index contributed by atoms with van der Waals surface area (Å²) in [6, 6.07) is 5.85. The monoisotopic (exact) mass is 341 g/mol.